The normalized spacial score (nSPS) is 14.0. The van der Waals surface area contributed by atoms with E-state index < -0.39 is 5.69 Å². The Morgan fingerprint density at radius 3 is 2.46 bits per heavy atom. The Kier molecular flexibility index (Phi) is 4.85. The van der Waals surface area contributed by atoms with Crippen LogP contribution in [-0.2, 0) is 0 Å². The fourth-order valence-corrected chi connectivity index (χ4v) is 4.05. The first-order valence-electron chi connectivity index (χ1n) is 8.28. The van der Waals surface area contributed by atoms with E-state index in [0.717, 1.165) is 35.3 Å². The summed E-state index contributed by atoms with van der Waals surface area (Å²) in [5, 5.41) is 0.615. The third-order valence-electron chi connectivity index (χ3n) is 3.88. The van der Waals surface area contributed by atoms with Gasteiger partial charge in [0.1, 0.15) is 11.6 Å². The van der Waals surface area contributed by atoms with Gasteiger partial charge in [-0.1, -0.05) is 24.8 Å². The van der Waals surface area contributed by atoms with Crippen molar-refractivity contribution in [3.63, 3.8) is 0 Å². The number of rotatable bonds is 6. The van der Waals surface area contributed by atoms with Gasteiger partial charge in [-0.2, -0.15) is 0 Å². The van der Waals surface area contributed by atoms with Crippen molar-refractivity contribution in [1.82, 2.24) is 9.71 Å². The molecule has 128 valence electrons. The fraction of sp³-hybridized carbons (Fsp3) is 0.444. The Hall–Kier alpha value is -1.95. The van der Waals surface area contributed by atoms with Crippen LogP contribution in [0.4, 0.5) is 0 Å². The highest BCUT2D eigenvalue weighted by molar-refractivity contribution is 7.99. The van der Waals surface area contributed by atoms with Crippen molar-refractivity contribution in [2.24, 2.45) is 0 Å². The molecule has 0 atom stereocenters. The number of nitrogens with zero attached hydrogens (tertiary/aromatic N) is 1. The van der Waals surface area contributed by atoms with E-state index in [1.165, 1.54) is 16.5 Å². The minimum absolute atomic E-state index is 0.222. The van der Waals surface area contributed by atoms with Crippen LogP contribution in [0, 0.1) is 13.8 Å². The van der Waals surface area contributed by atoms with E-state index in [9.17, 15) is 9.59 Å². The quantitative estimate of drug-likeness (QED) is 0.817. The van der Waals surface area contributed by atoms with Crippen molar-refractivity contribution >= 4 is 11.8 Å². The van der Waals surface area contributed by atoms with Gasteiger partial charge in [0.05, 0.1) is 5.56 Å². The molecule has 0 aliphatic heterocycles. The molecule has 2 aromatic rings. The smallest absolute Gasteiger partial charge is 0.362 e. The SMILES string of the molecule is CCCOn1c(Sc2cc(C)cc(C)c2)c(C2CC2)c(=O)[nH]c1=O. The lowest BCUT2D eigenvalue weighted by Crippen LogP contribution is -2.37. The van der Waals surface area contributed by atoms with Crippen molar-refractivity contribution in [3.8, 4) is 0 Å². The van der Waals surface area contributed by atoms with Crippen molar-refractivity contribution in [2.75, 3.05) is 6.61 Å². The Labute approximate surface area is 145 Å². The van der Waals surface area contributed by atoms with Gasteiger partial charge < -0.3 is 4.84 Å². The zero-order valence-electron chi connectivity index (χ0n) is 14.2. The summed E-state index contributed by atoms with van der Waals surface area (Å²) in [4.78, 5) is 33.7. The van der Waals surface area contributed by atoms with Gasteiger partial charge in [0.2, 0.25) is 0 Å². The molecule has 1 aliphatic rings. The van der Waals surface area contributed by atoms with Gasteiger partial charge in [0, 0.05) is 4.90 Å². The van der Waals surface area contributed by atoms with E-state index in [2.05, 4.69) is 23.2 Å². The lowest BCUT2D eigenvalue weighted by Gasteiger charge is -2.16. The van der Waals surface area contributed by atoms with Crippen LogP contribution in [0.2, 0.25) is 0 Å². The summed E-state index contributed by atoms with van der Waals surface area (Å²) in [5.74, 6) is 0.222. The van der Waals surface area contributed by atoms with E-state index in [0.29, 0.717) is 17.2 Å². The largest absolute Gasteiger partial charge is 0.408 e. The summed E-state index contributed by atoms with van der Waals surface area (Å²) >= 11 is 1.43. The molecule has 3 rings (SSSR count). The molecule has 6 heteroatoms. The summed E-state index contributed by atoms with van der Waals surface area (Å²) in [6.45, 7) is 6.49. The van der Waals surface area contributed by atoms with Crippen molar-refractivity contribution in [2.45, 2.75) is 55.9 Å². The molecule has 0 amide bonds. The third kappa shape index (κ3) is 3.59. The molecule has 1 aromatic carbocycles. The number of aromatic amines is 1. The first-order valence-corrected chi connectivity index (χ1v) is 9.10. The molecular weight excluding hydrogens is 324 g/mol. The first kappa shape index (κ1) is 16.9. The zero-order valence-corrected chi connectivity index (χ0v) is 15.0. The minimum Gasteiger partial charge on any atom is -0.408 e. The van der Waals surface area contributed by atoms with Crippen molar-refractivity contribution in [1.29, 1.82) is 0 Å². The second kappa shape index (κ2) is 6.89. The van der Waals surface area contributed by atoms with Crippen LogP contribution in [0.1, 0.15) is 48.8 Å². The van der Waals surface area contributed by atoms with Gasteiger partial charge >= 0.3 is 5.69 Å². The fourth-order valence-electron chi connectivity index (χ4n) is 2.75. The molecule has 1 heterocycles. The van der Waals surface area contributed by atoms with E-state index in [-0.39, 0.29) is 11.5 Å². The van der Waals surface area contributed by atoms with E-state index >= 15 is 0 Å². The Morgan fingerprint density at radius 2 is 1.88 bits per heavy atom. The van der Waals surface area contributed by atoms with Crippen LogP contribution in [0.3, 0.4) is 0 Å². The average Bonchev–Trinajstić information content (AvgIpc) is 3.30. The maximum Gasteiger partial charge on any atom is 0.362 e. The lowest BCUT2D eigenvalue weighted by atomic mass is 10.2. The predicted octanol–water partition coefficient (Wildman–Crippen LogP) is 3.02. The van der Waals surface area contributed by atoms with Gasteiger partial charge in [0.15, 0.2) is 0 Å². The van der Waals surface area contributed by atoms with E-state index in [4.69, 9.17) is 4.84 Å². The molecule has 1 N–H and O–H groups in total. The summed E-state index contributed by atoms with van der Waals surface area (Å²) in [5.41, 5.74) is 2.18. The molecule has 0 saturated heterocycles. The number of aryl methyl sites for hydroxylation is 2. The van der Waals surface area contributed by atoms with E-state index in [1.54, 1.807) is 0 Å². The van der Waals surface area contributed by atoms with Gasteiger partial charge in [-0.05, 0) is 62.3 Å². The maximum absolute atomic E-state index is 12.4. The van der Waals surface area contributed by atoms with Crippen molar-refractivity contribution in [3.05, 3.63) is 55.7 Å². The Bertz CT molecular complexity index is 845. The first-order chi connectivity index (χ1) is 11.5. The van der Waals surface area contributed by atoms with Crippen LogP contribution in [-0.4, -0.2) is 16.3 Å². The summed E-state index contributed by atoms with van der Waals surface area (Å²) in [7, 11) is 0. The standard InChI is InChI=1S/C18H22N2O3S/c1-4-7-23-20-17(24-14-9-11(2)8-12(3)10-14)15(13-5-6-13)16(21)19-18(20)22/h8-10,13H,4-7H2,1-3H3,(H,19,21,22). The molecule has 0 radical (unpaired) electrons. The van der Waals surface area contributed by atoms with Gasteiger partial charge in [-0.25, -0.2) is 4.79 Å². The molecule has 1 saturated carbocycles. The van der Waals surface area contributed by atoms with Gasteiger partial charge in [0.25, 0.3) is 5.56 Å². The lowest BCUT2D eigenvalue weighted by molar-refractivity contribution is 0.0789. The Balaban J connectivity index is 2.12. The molecule has 1 aliphatic carbocycles. The number of H-pyrrole nitrogens is 1. The van der Waals surface area contributed by atoms with E-state index in [1.807, 2.05) is 20.8 Å². The molecule has 0 bridgehead atoms. The highest BCUT2D eigenvalue weighted by Gasteiger charge is 2.32. The molecule has 0 unspecified atom stereocenters. The number of benzene rings is 1. The van der Waals surface area contributed by atoms with Gasteiger partial charge in [-0.3, -0.25) is 9.78 Å². The summed E-state index contributed by atoms with van der Waals surface area (Å²) < 4.78 is 1.26. The monoisotopic (exact) mass is 346 g/mol. The molecule has 1 fully saturated rings. The molecule has 5 nitrogen and oxygen atoms in total. The average molecular weight is 346 g/mol. The number of hydrogen-bond donors (Lipinski definition) is 1. The second-order valence-electron chi connectivity index (χ2n) is 6.31. The highest BCUT2D eigenvalue weighted by atomic mass is 32.2. The topological polar surface area (TPSA) is 64.1 Å². The Morgan fingerprint density at radius 1 is 1.21 bits per heavy atom. The van der Waals surface area contributed by atoms with Crippen LogP contribution in [0.15, 0.2) is 37.7 Å². The molecule has 0 spiro atoms. The maximum atomic E-state index is 12.4. The van der Waals surface area contributed by atoms with Gasteiger partial charge in [-0.15, -0.1) is 4.73 Å². The number of aromatic nitrogens is 2. The summed E-state index contributed by atoms with van der Waals surface area (Å²) in [6.07, 6.45) is 2.75. The van der Waals surface area contributed by atoms with Crippen LogP contribution in [0.5, 0.6) is 0 Å². The zero-order chi connectivity index (χ0) is 17.3. The second-order valence-corrected chi connectivity index (χ2v) is 7.37. The number of hydrogen-bond acceptors (Lipinski definition) is 4. The summed E-state index contributed by atoms with van der Waals surface area (Å²) in [6, 6.07) is 6.22. The minimum atomic E-state index is -0.510. The molecular formula is C18H22N2O3S. The highest BCUT2D eigenvalue weighted by Crippen LogP contribution is 2.43. The molecule has 1 aromatic heterocycles. The third-order valence-corrected chi connectivity index (χ3v) is 4.93. The van der Waals surface area contributed by atoms with Crippen LogP contribution >= 0.6 is 11.8 Å². The van der Waals surface area contributed by atoms with Crippen LogP contribution < -0.4 is 16.1 Å². The van der Waals surface area contributed by atoms with Crippen LogP contribution in [0.25, 0.3) is 0 Å². The van der Waals surface area contributed by atoms with Crippen molar-refractivity contribution < 1.29 is 4.84 Å². The molecule has 24 heavy (non-hydrogen) atoms. The predicted molar refractivity (Wildman–Crippen MR) is 95.1 cm³/mol. The number of nitrogens with one attached hydrogen (secondary N) is 1.